The van der Waals surface area contributed by atoms with Gasteiger partial charge >= 0.3 is 0 Å². The molecule has 2 fully saturated rings. The van der Waals surface area contributed by atoms with Crippen LogP contribution in [-0.4, -0.2) is 46.8 Å². The molecular formula is C18H29N3O. The Kier molecular flexibility index (Phi) is 4.53. The van der Waals surface area contributed by atoms with E-state index < -0.39 is 0 Å². The van der Waals surface area contributed by atoms with Gasteiger partial charge in [0.05, 0.1) is 17.9 Å². The van der Waals surface area contributed by atoms with E-state index in [0.717, 1.165) is 51.2 Å². The molecule has 2 aliphatic heterocycles. The zero-order valence-electron chi connectivity index (χ0n) is 14.1. The van der Waals surface area contributed by atoms with E-state index in [2.05, 4.69) is 48.1 Å². The maximum absolute atomic E-state index is 6.23. The second kappa shape index (κ2) is 6.26. The molecule has 0 amide bonds. The van der Waals surface area contributed by atoms with Crippen molar-refractivity contribution in [3.05, 3.63) is 30.1 Å². The highest BCUT2D eigenvalue weighted by Crippen LogP contribution is 2.36. The SMILES string of the molecule is CC(C)(C)N[C@H]1COC2(CCN(Cc3ccccn3)CC2)C1. The molecule has 0 unspecified atom stereocenters. The van der Waals surface area contributed by atoms with Gasteiger partial charge in [-0.15, -0.1) is 0 Å². The van der Waals surface area contributed by atoms with E-state index in [9.17, 15) is 0 Å². The number of hydrogen-bond acceptors (Lipinski definition) is 4. The van der Waals surface area contributed by atoms with Gasteiger partial charge in [-0.3, -0.25) is 9.88 Å². The number of nitrogens with zero attached hydrogens (tertiary/aromatic N) is 2. The lowest BCUT2D eigenvalue weighted by Crippen LogP contribution is -2.46. The zero-order valence-corrected chi connectivity index (χ0v) is 14.1. The summed E-state index contributed by atoms with van der Waals surface area (Å²) in [7, 11) is 0. The lowest BCUT2D eigenvalue weighted by Gasteiger charge is -2.38. The Morgan fingerprint density at radius 3 is 2.73 bits per heavy atom. The summed E-state index contributed by atoms with van der Waals surface area (Å²) >= 11 is 0. The van der Waals surface area contributed by atoms with E-state index in [1.165, 1.54) is 0 Å². The van der Waals surface area contributed by atoms with E-state index >= 15 is 0 Å². The summed E-state index contributed by atoms with van der Waals surface area (Å²) in [5, 5.41) is 3.69. The van der Waals surface area contributed by atoms with Crippen LogP contribution in [0.4, 0.5) is 0 Å². The molecule has 4 heteroatoms. The van der Waals surface area contributed by atoms with Gasteiger partial charge in [0.15, 0.2) is 0 Å². The molecule has 22 heavy (non-hydrogen) atoms. The second-order valence-corrected chi connectivity index (χ2v) is 7.89. The van der Waals surface area contributed by atoms with Gasteiger partial charge in [-0.05, 0) is 52.2 Å². The Bertz CT molecular complexity index is 475. The average Bonchev–Trinajstić information content (AvgIpc) is 2.84. The second-order valence-electron chi connectivity index (χ2n) is 7.89. The van der Waals surface area contributed by atoms with E-state index in [-0.39, 0.29) is 11.1 Å². The van der Waals surface area contributed by atoms with Gasteiger partial charge in [0.1, 0.15) is 0 Å². The third-order valence-corrected chi connectivity index (χ3v) is 4.73. The van der Waals surface area contributed by atoms with E-state index in [0.29, 0.717) is 6.04 Å². The molecule has 1 atom stereocenters. The van der Waals surface area contributed by atoms with Crippen molar-refractivity contribution in [2.75, 3.05) is 19.7 Å². The van der Waals surface area contributed by atoms with Crippen molar-refractivity contribution < 1.29 is 4.74 Å². The highest BCUT2D eigenvalue weighted by molar-refractivity contribution is 5.04. The fourth-order valence-corrected chi connectivity index (χ4v) is 3.74. The van der Waals surface area contributed by atoms with Crippen LogP contribution in [0.3, 0.4) is 0 Å². The van der Waals surface area contributed by atoms with Gasteiger partial charge in [0, 0.05) is 37.4 Å². The highest BCUT2D eigenvalue weighted by atomic mass is 16.5. The largest absolute Gasteiger partial charge is 0.373 e. The number of pyridine rings is 1. The minimum atomic E-state index is 0.115. The molecule has 3 rings (SSSR count). The summed E-state index contributed by atoms with van der Waals surface area (Å²) in [5.74, 6) is 0. The monoisotopic (exact) mass is 303 g/mol. The van der Waals surface area contributed by atoms with E-state index in [4.69, 9.17) is 4.74 Å². The van der Waals surface area contributed by atoms with Crippen LogP contribution in [-0.2, 0) is 11.3 Å². The van der Waals surface area contributed by atoms with Crippen LogP contribution in [0.25, 0.3) is 0 Å². The fraction of sp³-hybridized carbons (Fsp3) is 0.722. The lowest BCUT2D eigenvalue weighted by atomic mass is 9.87. The first-order valence-electron chi connectivity index (χ1n) is 8.48. The summed E-state index contributed by atoms with van der Waals surface area (Å²) in [6, 6.07) is 6.65. The summed E-state index contributed by atoms with van der Waals surface area (Å²) in [4.78, 5) is 6.93. The average molecular weight is 303 g/mol. The van der Waals surface area contributed by atoms with E-state index in [1.807, 2.05) is 12.3 Å². The number of likely N-dealkylation sites (tertiary alicyclic amines) is 1. The third-order valence-electron chi connectivity index (χ3n) is 4.73. The Morgan fingerprint density at radius 1 is 1.32 bits per heavy atom. The Labute approximate surface area is 134 Å². The number of rotatable bonds is 3. The van der Waals surface area contributed by atoms with Crippen molar-refractivity contribution >= 4 is 0 Å². The van der Waals surface area contributed by atoms with Gasteiger partial charge < -0.3 is 10.1 Å². The number of ether oxygens (including phenoxy) is 1. The molecule has 0 aromatic carbocycles. The number of nitrogens with one attached hydrogen (secondary N) is 1. The van der Waals surface area contributed by atoms with E-state index in [1.54, 1.807) is 0 Å². The van der Waals surface area contributed by atoms with Gasteiger partial charge in [-0.1, -0.05) is 6.07 Å². The number of hydrogen-bond donors (Lipinski definition) is 1. The topological polar surface area (TPSA) is 37.4 Å². The van der Waals surface area contributed by atoms with Crippen LogP contribution in [0.2, 0.25) is 0 Å². The molecule has 2 saturated heterocycles. The molecule has 1 spiro atoms. The zero-order chi connectivity index (χ0) is 15.6. The Balaban J connectivity index is 1.50. The van der Waals surface area contributed by atoms with Crippen molar-refractivity contribution in [2.24, 2.45) is 0 Å². The molecule has 1 N–H and O–H groups in total. The minimum Gasteiger partial charge on any atom is -0.373 e. The molecule has 2 aliphatic rings. The van der Waals surface area contributed by atoms with Crippen LogP contribution >= 0.6 is 0 Å². The molecular weight excluding hydrogens is 274 g/mol. The standard InChI is InChI=1S/C18H29N3O/c1-17(2,3)20-16-12-18(22-14-16)7-10-21(11-8-18)13-15-6-4-5-9-19-15/h4-6,9,16,20H,7-8,10-14H2,1-3H3/t16-/m1/s1. The van der Waals surface area contributed by atoms with Crippen LogP contribution < -0.4 is 5.32 Å². The maximum atomic E-state index is 6.23. The van der Waals surface area contributed by atoms with Crippen LogP contribution in [0, 0.1) is 0 Å². The molecule has 0 bridgehead atoms. The first kappa shape index (κ1) is 15.9. The lowest BCUT2D eigenvalue weighted by molar-refractivity contribution is -0.0451. The number of aromatic nitrogens is 1. The summed E-state index contributed by atoms with van der Waals surface area (Å²) < 4.78 is 6.23. The van der Waals surface area contributed by atoms with Crippen LogP contribution in [0.1, 0.15) is 45.7 Å². The molecule has 1 aromatic heterocycles. The highest BCUT2D eigenvalue weighted by Gasteiger charge is 2.43. The van der Waals surface area contributed by atoms with Crippen molar-refractivity contribution in [3.8, 4) is 0 Å². The summed E-state index contributed by atoms with van der Waals surface area (Å²) in [5.41, 5.74) is 1.45. The minimum absolute atomic E-state index is 0.115. The van der Waals surface area contributed by atoms with Crippen molar-refractivity contribution in [3.63, 3.8) is 0 Å². The van der Waals surface area contributed by atoms with Gasteiger partial charge in [0.2, 0.25) is 0 Å². The van der Waals surface area contributed by atoms with Gasteiger partial charge in [-0.2, -0.15) is 0 Å². The molecule has 0 saturated carbocycles. The first-order valence-corrected chi connectivity index (χ1v) is 8.48. The summed E-state index contributed by atoms with van der Waals surface area (Å²) in [6.07, 6.45) is 5.32. The van der Waals surface area contributed by atoms with Gasteiger partial charge in [-0.25, -0.2) is 0 Å². The van der Waals surface area contributed by atoms with Crippen molar-refractivity contribution in [1.29, 1.82) is 0 Å². The molecule has 4 nitrogen and oxygen atoms in total. The van der Waals surface area contributed by atoms with Crippen LogP contribution in [0.15, 0.2) is 24.4 Å². The third kappa shape index (κ3) is 4.06. The summed E-state index contributed by atoms with van der Waals surface area (Å²) in [6.45, 7) is 10.7. The predicted octanol–water partition coefficient (Wildman–Crippen LogP) is 2.59. The Morgan fingerprint density at radius 2 is 2.09 bits per heavy atom. The Hall–Kier alpha value is -0.970. The molecule has 0 aliphatic carbocycles. The smallest absolute Gasteiger partial charge is 0.0723 e. The maximum Gasteiger partial charge on any atom is 0.0723 e. The molecule has 3 heterocycles. The van der Waals surface area contributed by atoms with Crippen molar-refractivity contribution in [1.82, 2.24) is 15.2 Å². The van der Waals surface area contributed by atoms with Crippen LogP contribution in [0.5, 0.6) is 0 Å². The van der Waals surface area contributed by atoms with Gasteiger partial charge in [0.25, 0.3) is 0 Å². The normalized spacial score (nSPS) is 25.7. The number of piperidine rings is 1. The first-order chi connectivity index (χ1) is 10.4. The quantitative estimate of drug-likeness (QED) is 0.931. The molecule has 122 valence electrons. The van der Waals surface area contributed by atoms with Crippen molar-refractivity contribution in [2.45, 2.75) is 63.8 Å². The molecule has 1 aromatic rings. The molecule has 0 radical (unpaired) electrons. The predicted molar refractivity (Wildman–Crippen MR) is 88.7 cm³/mol. The fourth-order valence-electron chi connectivity index (χ4n) is 3.74.